The monoisotopic (exact) mass is 290 g/mol. The highest BCUT2D eigenvalue weighted by Crippen LogP contribution is 2.33. The second-order valence-corrected chi connectivity index (χ2v) is 6.81. The fourth-order valence-electron chi connectivity index (χ4n) is 3.23. The summed E-state index contributed by atoms with van der Waals surface area (Å²) < 4.78 is 0. The van der Waals surface area contributed by atoms with Crippen molar-refractivity contribution < 1.29 is 0 Å². The molecule has 1 aromatic carbocycles. The lowest BCUT2D eigenvalue weighted by Gasteiger charge is -2.38. The smallest absolute Gasteiger partial charge is 0.171 e. The maximum Gasteiger partial charge on any atom is 0.171 e. The van der Waals surface area contributed by atoms with Crippen molar-refractivity contribution in [2.24, 2.45) is 17.8 Å². The van der Waals surface area contributed by atoms with Gasteiger partial charge in [0.25, 0.3) is 0 Å². The molecule has 1 aliphatic carbocycles. The highest BCUT2D eigenvalue weighted by Gasteiger charge is 2.30. The third-order valence-corrected chi connectivity index (χ3v) is 4.59. The average Bonchev–Trinajstić information content (AvgIpc) is 2.39. The zero-order chi connectivity index (χ0) is 14.5. The predicted octanol–water partition coefficient (Wildman–Crippen LogP) is 4.43. The van der Waals surface area contributed by atoms with Gasteiger partial charge in [0.2, 0.25) is 0 Å². The maximum absolute atomic E-state index is 5.47. The van der Waals surface area contributed by atoms with Crippen molar-refractivity contribution in [1.29, 1.82) is 0 Å². The van der Waals surface area contributed by atoms with E-state index in [-0.39, 0.29) is 0 Å². The molecular formula is C17H26N2S. The summed E-state index contributed by atoms with van der Waals surface area (Å²) >= 11 is 5.47. The Labute approximate surface area is 128 Å². The maximum atomic E-state index is 5.47. The van der Waals surface area contributed by atoms with Gasteiger partial charge in [0.15, 0.2) is 5.11 Å². The van der Waals surface area contributed by atoms with Crippen molar-refractivity contribution in [3.8, 4) is 0 Å². The first-order valence-corrected chi connectivity index (χ1v) is 8.09. The van der Waals surface area contributed by atoms with E-state index in [1.54, 1.807) is 0 Å². The number of thiocarbonyl (C=S) groups is 1. The number of rotatable bonds is 3. The topological polar surface area (TPSA) is 24.1 Å². The van der Waals surface area contributed by atoms with E-state index in [0.717, 1.165) is 22.6 Å². The minimum Gasteiger partial charge on any atom is -0.359 e. The lowest BCUT2D eigenvalue weighted by atomic mass is 9.74. The van der Waals surface area contributed by atoms with Crippen molar-refractivity contribution in [2.75, 3.05) is 5.32 Å². The Kier molecular flexibility index (Phi) is 5.41. The first-order valence-electron chi connectivity index (χ1n) is 7.69. The van der Waals surface area contributed by atoms with Gasteiger partial charge in [-0.2, -0.15) is 0 Å². The molecule has 0 unspecified atom stereocenters. The molecule has 0 aliphatic heterocycles. The SMILES string of the molecule is CC(C)[C@H]1CC[C@@H](C)C[C@H]1NC(=S)Nc1ccccc1. The van der Waals surface area contributed by atoms with E-state index < -0.39 is 0 Å². The van der Waals surface area contributed by atoms with E-state index in [9.17, 15) is 0 Å². The largest absolute Gasteiger partial charge is 0.359 e. The lowest BCUT2D eigenvalue weighted by Crippen LogP contribution is -2.47. The molecule has 2 N–H and O–H groups in total. The van der Waals surface area contributed by atoms with Crippen molar-refractivity contribution >= 4 is 23.0 Å². The van der Waals surface area contributed by atoms with Crippen LogP contribution in [0.2, 0.25) is 0 Å². The minimum absolute atomic E-state index is 0.502. The second-order valence-electron chi connectivity index (χ2n) is 6.40. The Morgan fingerprint density at radius 3 is 2.55 bits per heavy atom. The summed E-state index contributed by atoms with van der Waals surface area (Å²) in [5.74, 6) is 2.23. The third-order valence-electron chi connectivity index (χ3n) is 4.37. The molecule has 0 spiro atoms. The number of para-hydroxylation sites is 1. The van der Waals surface area contributed by atoms with Crippen LogP contribution in [0.5, 0.6) is 0 Å². The summed E-state index contributed by atoms with van der Waals surface area (Å²) in [4.78, 5) is 0. The van der Waals surface area contributed by atoms with Gasteiger partial charge in [-0.1, -0.05) is 45.4 Å². The molecule has 0 bridgehead atoms. The first kappa shape index (κ1) is 15.3. The van der Waals surface area contributed by atoms with Crippen LogP contribution in [0.4, 0.5) is 5.69 Å². The number of benzene rings is 1. The Morgan fingerprint density at radius 1 is 1.20 bits per heavy atom. The molecular weight excluding hydrogens is 264 g/mol. The number of anilines is 1. The molecule has 1 aliphatic rings. The van der Waals surface area contributed by atoms with Crippen LogP contribution in [0.15, 0.2) is 30.3 Å². The normalized spacial score (nSPS) is 26.3. The van der Waals surface area contributed by atoms with Crippen LogP contribution < -0.4 is 10.6 Å². The Morgan fingerprint density at radius 2 is 1.90 bits per heavy atom. The third kappa shape index (κ3) is 4.20. The van der Waals surface area contributed by atoms with Crippen LogP contribution in [0, 0.1) is 17.8 Å². The summed E-state index contributed by atoms with van der Waals surface area (Å²) in [5.41, 5.74) is 1.05. The molecule has 0 aromatic heterocycles. The molecule has 20 heavy (non-hydrogen) atoms. The van der Waals surface area contributed by atoms with Crippen molar-refractivity contribution in [2.45, 2.75) is 46.1 Å². The standard InChI is InChI=1S/C17H26N2S/c1-12(2)15-10-9-13(3)11-16(15)19-17(20)18-14-7-5-4-6-8-14/h4-8,12-13,15-16H,9-11H2,1-3H3,(H2,18,19,20)/t13-,15-,16-/m1/s1. The van der Waals surface area contributed by atoms with E-state index in [0.29, 0.717) is 12.0 Å². The molecule has 1 aromatic rings. The predicted molar refractivity (Wildman–Crippen MR) is 90.9 cm³/mol. The lowest BCUT2D eigenvalue weighted by molar-refractivity contribution is 0.186. The highest BCUT2D eigenvalue weighted by atomic mass is 32.1. The van der Waals surface area contributed by atoms with Crippen molar-refractivity contribution in [3.05, 3.63) is 30.3 Å². The first-order chi connectivity index (χ1) is 9.56. The number of hydrogen-bond acceptors (Lipinski definition) is 1. The zero-order valence-electron chi connectivity index (χ0n) is 12.7. The number of hydrogen-bond donors (Lipinski definition) is 2. The molecule has 0 saturated heterocycles. The molecule has 1 fully saturated rings. The molecule has 2 nitrogen and oxygen atoms in total. The zero-order valence-corrected chi connectivity index (χ0v) is 13.5. The van der Waals surface area contributed by atoms with E-state index in [1.807, 2.05) is 30.3 Å². The summed E-state index contributed by atoms with van der Waals surface area (Å²) in [7, 11) is 0. The van der Waals surface area contributed by atoms with E-state index in [2.05, 4.69) is 31.4 Å². The fraction of sp³-hybridized carbons (Fsp3) is 0.588. The fourth-order valence-corrected chi connectivity index (χ4v) is 3.49. The molecule has 0 radical (unpaired) electrons. The quantitative estimate of drug-likeness (QED) is 0.805. The highest BCUT2D eigenvalue weighted by molar-refractivity contribution is 7.80. The van der Waals surface area contributed by atoms with Gasteiger partial charge in [0.1, 0.15) is 0 Å². The molecule has 3 atom stereocenters. The van der Waals surface area contributed by atoms with Crippen LogP contribution in [0.25, 0.3) is 0 Å². The van der Waals surface area contributed by atoms with Gasteiger partial charge >= 0.3 is 0 Å². The van der Waals surface area contributed by atoms with Gasteiger partial charge in [0, 0.05) is 11.7 Å². The summed E-state index contributed by atoms with van der Waals surface area (Å²) in [6, 6.07) is 10.6. The second kappa shape index (κ2) is 7.07. The van der Waals surface area contributed by atoms with Crippen LogP contribution in [-0.2, 0) is 0 Å². The average molecular weight is 290 g/mol. The van der Waals surface area contributed by atoms with Crippen LogP contribution >= 0.6 is 12.2 Å². The van der Waals surface area contributed by atoms with Gasteiger partial charge in [-0.15, -0.1) is 0 Å². The van der Waals surface area contributed by atoms with Crippen LogP contribution in [0.3, 0.4) is 0 Å². The molecule has 3 heteroatoms. The van der Waals surface area contributed by atoms with Crippen LogP contribution in [0.1, 0.15) is 40.0 Å². The molecule has 0 amide bonds. The van der Waals surface area contributed by atoms with E-state index >= 15 is 0 Å². The summed E-state index contributed by atoms with van der Waals surface area (Å²) in [6.07, 6.45) is 3.88. The summed E-state index contributed by atoms with van der Waals surface area (Å²) in [5, 5.41) is 7.58. The Balaban J connectivity index is 1.94. The molecule has 110 valence electrons. The van der Waals surface area contributed by atoms with Gasteiger partial charge in [0.05, 0.1) is 0 Å². The van der Waals surface area contributed by atoms with Gasteiger partial charge < -0.3 is 10.6 Å². The molecule has 2 rings (SSSR count). The molecule has 0 heterocycles. The summed E-state index contributed by atoms with van der Waals surface area (Å²) in [6.45, 7) is 6.99. The minimum atomic E-state index is 0.502. The van der Waals surface area contributed by atoms with Crippen molar-refractivity contribution in [1.82, 2.24) is 5.32 Å². The Bertz CT molecular complexity index is 430. The van der Waals surface area contributed by atoms with Crippen molar-refractivity contribution in [3.63, 3.8) is 0 Å². The van der Waals surface area contributed by atoms with E-state index in [4.69, 9.17) is 12.2 Å². The van der Waals surface area contributed by atoms with Gasteiger partial charge in [-0.05, 0) is 54.9 Å². The number of nitrogens with one attached hydrogen (secondary N) is 2. The van der Waals surface area contributed by atoms with Gasteiger partial charge in [-0.25, -0.2) is 0 Å². The van der Waals surface area contributed by atoms with E-state index in [1.165, 1.54) is 19.3 Å². The van der Waals surface area contributed by atoms with Crippen LogP contribution in [-0.4, -0.2) is 11.2 Å². The molecule has 1 saturated carbocycles. The van der Waals surface area contributed by atoms with Gasteiger partial charge in [-0.3, -0.25) is 0 Å². The Hall–Kier alpha value is -1.09.